The van der Waals surface area contributed by atoms with E-state index in [-0.39, 0.29) is 5.69 Å². The number of H-pyrrole nitrogens is 1. The van der Waals surface area contributed by atoms with E-state index in [0.29, 0.717) is 11.5 Å². The molecule has 0 saturated heterocycles. The Morgan fingerprint density at radius 1 is 1.47 bits per heavy atom. The Bertz CT molecular complexity index is 685. The van der Waals surface area contributed by atoms with E-state index in [1.165, 1.54) is 4.40 Å². The van der Waals surface area contributed by atoms with E-state index in [2.05, 4.69) is 15.0 Å². The highest BCUT2D eigenvalue weighted by Gasteiger charge is 2.20. The number of aromatic carboxylic acids is 1. The molecule has 0 aliphatic heterocycles. The van der Waals surface area contributed by atoms with Crippen molar-refractivity contribution in [2.24, 2.45) is 0 Å². The highest BCUT2D eigenvalue weighted by molar-refractivity contribution is 5.94. The molecule has 0 bridgehead atoms. The summed E-state index contributed by atoms with van der Waals surface area (Å²) in [5, 5.41) is 9.25. The van der Waals surface area contributed by atoms with Crippen LogP contribution in [-0.2, 0) is 0 Å². The van der Waals surface area contributed by atoms with Gasteiger partial charge in [-0.2, -0.15) is 0 Å². The van der Waals surface area contributed by atoms with Crippen molar-refractivity contribution in [3.05, 3.63) is 42.6 Å². The van der Waals surface area contributed by atoms with Crippen molar-refractivity contribution < 1.29 is 9.90 Å². The number of fused-ring (bicyclic) bond motifs is 1. The zero-order valence-corrected chi connectivity index (χ0v) is 8.66. The van der Waals surface area contributed by atoms with Gasteiger partial charge in [0, 0.05) is 30.4 Å². The lowest BCUT2D eigenvalue weighted by Gasteiger charge is -1.96. The molecule has 0 amide bonds. The normalized spacial score (nSPS) is 10.8. The van der Waals surface area contributed by atoms with Crippen LogP contribution >= 0.6 is 0 Å². The van der Waals surface area contributed by atoms with Gasteiger partial charge in [-0.1, -0.05) is 0 Å². The molecule has 3 aromatic rings. The molecule has 0 spiro atoms. The Morgan fingerprint density at radius 2 is 2.35 bits per heavy atom. The van der Waals surface area contributed by atoms with E-state index in [0.717, 1.165) is 5.56 Å². The molecule has 3 aromatic heterocycles. The molecule has 0 aliphatic carbocycles. The number of hydrogen-bond donors (Lipinski definition) is 2. The summed E-state index contributed by atoms with van der Waals surface area (Å²) in [5.74, 6) is -0.650. The second-order valence-electron chi connectivity index (χ2n) is 3.50. The largest absolute Gasteiger partial charge is 0.476 e. The van der Waals surface area contributed by atoms with Crippen molar-refractivity contribution >= 4 is 11.7 Å². The van der Waals surface area contributed by atoms with Crippen LogP contribution in [0.15, 0.2) is 36.9 Å². The van der Waals surface area contributed by atoms with Gasteiger partial charge in [0.05, 0.1) is 0 Å². The molecule has 6 heteroatoms. The average molecular weight is 228 g/mol. The highest BCUT2D eigenvalue weighted by Crippen LogP contribution is 2.23. The molecule has 84 valence electrons. The standard InChI is InChI=1S/C11H8N4O2/c16-10(17)9-8(7-2-4-12-6-7)14-11-13-3-1-5-15(9)11/h1-6,12H,(H,16,17). The first-order valence-corrected chi connectivity index (χ1v) is 4.97. The summed E-state index contributed by atoms with van der Waals surface area (Å²) in [7, 11) is 0. The first kappa shape index (κ1) is 9.59. The van der Waals surface area contributed by atoms with Crippen LogP contribution in [0.2, 0.25) is 0 Å². The predicted molar refractivity (Wildman–Crippen MR) is 59.7 cm³/mol. The number of carboxylic acids is 1. The minimum absolute atomic E-state index is 0.118. The molecule has 2 N–H and O–H groups in total. The molecule has 0 unspecified atom stereocenters. The molecule has 0 saturated carbocycles. The van der Waals surface area contributed by atoms with Gasteiger partial charge < -0.3 is 10.1 Å². The maximum absolute atomic E-state index is 11.3. The average Bonchev–Trinajstić information content (AvgIpc) is 2.95. The third-order valence-electron chi connectivity index (χ3n) is 2.48. The zero-order valence-electron chi connectivity index (χ0n) is 8.66. The van der Waals surface area contributed by atoms with Gasteiger partial charge in [-0.25, -0.2) is 14.8 Å². The molecule has 0 fully saturated rings. The number of carboxylic acid groups (broad SMARTS) is 1. The van der Waals surface area contributed by atoms with Crippen LogP contribution in [0, 0.1) is 0 Å². The number of carbonyl (C=O) groups is 1. The number of aromatic nitrogens is 4. The van der Waals surface area contributed by atoms with Gasteiger partial charge in [0.2, 0.25) is 5.78 Å². The Balaban J connectivity index is 2.38. The van der Waals surface area contributed by atoms with Crippen LogP contribution in [0.4, 0.5) is 0 Å². The number of imidazole rings is 1. The molecular formula is C11H8N4O2. The van der Waals surface area contributed by atoms with Gasteiger partial charge in [0.25, 0.3) is 0 Å². The van der Waals surface area contributed by atoms with E-state index in [4.69, 9.17) is 0 Å². The minimum atomic E-state index is -1.03. The molecule has 6 nitrogen and oxygen atoms in total. The van der Waals surface area contributed by atoms with Crippen LogP contribution in [0.5, 0.6) is 0 Å². The second kappa shape index (κ2) is 3.44. The number of nitrogens with one attached hydrogen (secondary N) is 1. The summed E-state index contributed by atoms with van der Waals surface area (Å²) in [6.45, 7) is 0. The van der Waals surface area contributed by atoms with Crippen molar-refractivity contribution in [1.82, 2.24) is 19.4 Å². The van der Waals surface area contributed by atoms with Gasteiger partial charge >= 0.3 is 5.97 Å². The molecular weight excluding hydrogens is 220 g/mol. The molecule has 0 atom stereocenters. The fraction of sp³-hybridized carbons (Fsp3) is 0. The van der Waals surface area contributed by atoms with Crippen molar-refractivity contribution in [2.75, 3.05) is 0 Å². The number of hydrogen-bond acceptors (Lipinski definition) is 3. The SMILES string of the molecule is O=C(O)c1c(-c2cc[nH]c2)nc2ncccn12. The van der Waals surface area contributed by atoms with Crippen LogP contribution in [0.3, 0.4) is 0 Å². The molecule has 17 heavy (non-hydrogen) atoms. The summed E-state index contributed by atoms with van der Waals surface area (Å²) < 4.78 is 1.46. The molecule has 0 aromatic carbocycles. The summed E-state index contributed by atoms with van der Waals surface area (Å²) in [5.41, 5.74) is 1.26. The Morgan fingerprint density at radius 3 is 3.06 bits per heavy atom. The zero-order chi connectivity index (χ0) is 11.8. The summed E-state index contributed by atoms with van der Waals surface area (Å²) in [6, 6.07) is 3.44. The summed E-state index contributed by atoms with van der Waals surface area (Å²) in [4.78, 5) is 22.4. The van der Waals surface area contributed by atoms with Gasteiger partial charge in [-0.05, 0) is 12.1 Å². The fourth-order valence-electron chi connectivity index (χ4n) is 1.76. The highest BCUT2D eigenvalue weighted by atomic mass is 16.4. The lowest BCUT2D eigenvalue weighted by molar-refractivity contribution is 0.0690. The van der Waals surface area contributed by atoms with E-state index in [1.54, 1.807) is 36.9 Å². The minimum Gasteiger partial charge on any atom is -0.476 e. The van der Waals surface area contributed by atoms with Gasteiger partial charge in [-0.3, -0.25) is 4.40 Å². The predicted octanol–water partition coefficient (Wildman–Crippen LogP) is 1.42. The summed E-state index contributed by atoms with van der Waals surface area (Å²) >= 11 is 0. The Labute approximate surface area is 95.6 Å². The monoisotopic (exact) mass is 228 g/mol. The molecule has 3 heterocycles. The quantitative estimate of drug-likeness (QED) is 0.694. The first-order valence-electron chi connectivity index (χ1n) is 4.97. The second-order valence-corrected chi connectivity index (χ2v) is 3.50. The Hall–Kier alpha value is -2.63. The smallest absolute Gasteiger partial charge is 0.355 e. The van der Waals surface area contributed by atoms with Crippen LogP contribution in [-0.4, -0.2) is 30.4 Å². The van der Waals surface area contributed by atoms with Crippen molar-refractivity contribution in [1.29, 1.82) is 0 Å². The van der Waals surface area contributed by atoms with Gasteiger partial charge in [0.15, 0.2) is 5.69 Å². The van der Waals surface area contributed by atoms with Gasteiger partial charge in [0.1, 0.15) is 5.69 Å². The molecule has 3 rings (SSSR count). The Kier molecular flexibility index (Phi) is 1.94. The van der Waals surface area contributed by atoms with Crippen LogP contribution in [0.1, 0.15) is 10.5 Å². The van der Waals surface area contributed by atoms with Crippen LogP contribution in [0.25, 0.3) is 17.0 Å². The van der Waals surface area contributed by atoms with Crippen molar-refractivity contribution in [3.8, 4) is 11.3 Å². The fourth-order valence-corrected chi connectivity index (χ4v) is 1.76. The van der Waals surface area contributed by atoms with E-state index in [1.807, 2.05) is 0 Å². The van der Waals surface area contributed by atoms with Crippen molar-refractivity contribution in [2.45, 2.75) is 0 Å². The van der Waals surface area contributed by atoms with E-state index in [9.17, 15) is 9.90 Å². The lowest BCUT2D eigenvalue weighted by Crippen LogP contribution is -2.03. The van der Waals surface area contributed by atoms with Crippen molar-refractivity contribution in [3.63, 3.8) is 0 Å². The topological polar surface area (TPSA) is 83.3 Å². The number of aromatic amines is 1. The number of nitrogens with zero attached hydrogens (tertiary/aromatic N) is 3. The molecule has 0 aliphatic rings. The maximum Gasteiger partial charge on any atom is 0.355 e. The van der Waals surface area contributed by atoms with Crippen LogP contribution < -0.4 is 0 Å². The summed E-state index contributed by atoms with van der Waals surface area (Å²) in [6.07, 6.45) is 6.64. The number of rotatable bonds is 2. The maximum atomic E-state index is 11.3. The lowest BCUT2D eigenvalue weighted by atomic mass is 10.2. The third kappa shape index (κ3) is 1.38. The van der Waals surface area contributed by atoms with Gasteiger partial charge in [-0.15, -0.1) is 0 Å². The third-order valence-corrected chi connectivity index (χ3v) is 2.48. The molecule has 0 radical (unpaired) electrons. The van der Waals surface area contributed by atoms with E-state index < -0.39 is 5.97 Å². The van der Waals surface area contributed by atoms with E-state index >= 15 is 0 Å². The first-order chi connectivity index (χ1) is 8.27.